The number of aliphatic hydroxyl groups excluding tert-OH is 1. The van der Waals surface area contributed by atoms with Crippen molar-refractivity contribution in [1.82, 2.24) is 14.4 Å². The van der Waals surface area contributed by atoms with E-state index in [9.17, 15) is 5.11 Å². The highest BCUT2D eigenvalue weighted by Crippen LogP contribution is 2.15. The van der Waals surface area contributed by atoms with Gasteiger partial charge in [-0.2, -0.15) is 0 Å². The van der Waals surface area contributed by atoms with E-state index in [2.05, 4.69) is 22.1 Å². The van der Waals surface area contributed by atoms with Gasteiger partial charge in [0, 0.05) is 18.1 Å². The highest BCUT2D eigenvalue weighted by Gasteiger charge is 2.11. The van der Waals surface area contributed by atoms with Crippen molar-refractivity contribution in [3.05, 3.63) is 65.4 Å². The monoisotopic (exact) mass is 267 g/mol. The Bertz CT molecular complexity index is 719. The van der Waals surface area contributed by atoms with Gasteiger partial charge in [0.2, 0.25) is 0 Å². The summed E-state index contributed by atoms with van der Waals surface area (Å²) in [6.45, 7) is 1.93. The van der Waals surface area contributed by atoms with E-state index in [0.717, 1.165) is 35.6 Å². The molecule has 1 aromatic carbocycles. The molecule has 0 amide bonds. The predicted molar refractivity (Wildman–Crippen MR) is 77.5 cm³/mol. The van der Waals surface area contributed by atoms with Crippen LogP contribution in [0.4, 0.5) is 0 Å². The fourth-order valence-corrected chi connectivity index (χ4v) is 2.43. The Morgan fingerprint density at radius 3 is 2.65 bits per heavy atom. The van der Waals surface area contributed by atoms with Crippen LogP contribution in [0.1, 0.15) is 22.6 Å². The third-order valence-corrected chi connectivity index (χ3v) is 3.60. The lowest BCUT2D eigenvalue weighted by molar-refractivity contribution is 0.276. The predicted octanol–water partition coefficient (Wildman–Crippen LogP) is 2.32. The van der Waals surface area contributed by atoms with E-state index in [-0.39, 0.29) is 6.61 Å². The molecule has 4 nitrogen and oxygen atoms in total. The van der Waals surface area contributed by atoms with Crippen molar-refractivity contribution < 1.29 is 5.11 Å². The van der Waals surface area contributed by atoms with Gasteiger partial charge in [0.1, 0.15) is 0 Å². The van der Waals surface area contributed by atoms with E-state index >= 15 is 0 Å². The molecule has 3 aromatic rings. The van der Waals surface area contributed by atoms with Gasteiger partial charge in [0.15, 0.2) is 5.65 Å². The van der Waals surface area contributed by atoms with E-state index in [1.807, 2.05) is 35.7 Å². The average Bonchev–Trinajstić information content (AvgIpc) is 2.83. The smallest absolute Gasteiger partial charge is 0.159 e. The number of rotatable bonds is 4. The second kappa shape index (κ2) is 5.43. The number of aryl methyl sites for hydroxylation is 3. The molecule has 0 aliphatic rings. The summed E-state index contributed by atoms with van der Waals surface area (Å²) in [7, 11) is 0. The van der Waals surface area contributed by atoms with Crippen molar-refractivity contribution in [2.24, 2.45) is 0 Å². The van der Waals surface area contributed by atoms with E-state index in [1.54, 1.807) is 6.20 Å². The highest BCUT2D eigenvalue weighted by molar-refractivity contribution is 5.47. The van der Waals surface area contributed by atoms with Gasteiger partial charge >= 0.3 is 0 Å². The molecule has 0 saturated carbocycles. The molecule has 0 aliphatic carbocycles. The Morgan fingerprint density at radius 2 is 1.90 bits per heavy atom. The Morgan fingerprint density at radius 1 is 1.10 bits per heavy atom. The molecule has 0 atom stereocenters. The zero-order chi connectivity index (χ0) is 13.9. The third-order valence-electron chi connectivity index (χ3n) is 3.60. The van der Waals surface area contributed by atoms with Crippen molar-refractivity contribution in [2.45, 2.75) is 26.4 Å². The largest absolute Gasteiger partial charge is 0.390 e. The first-order valence-electron chi connectivity index (χ1n) is 6.76. The maximum Gasteiger partial charge on any atom is 0.159 e. The zero-order valence-electron chi connectivity index (χ0n) is 11.5. The second-order valence-corrected chi connectivity index (χ2v) is 4.86. The van der Waals surface area contributed by atoms with Crippen molar-refractivity contribution in [3.8, 4) is 0 Å². The third kappa shape index (κ3) is 2.30. The summed E-state index contributed by atoms with van der Waals surface area (Å²) in [5.74, 6) is 0. The van der Waals surface area contributed by atoms with Crippen LogP contribution in [0.15, 0.2) is 42.7 Å². The normalized spacial score (nSPS) is 11.1. The Balaban J connectivity index is 1.92. The van der Waals surface area contributed by atoms with E-state index in [4.69, 9.17) is 0 Å². The summed E-state index contributed by atoms with van der Waals surface area (Å²) in [5, 5.41) is 9.32. The van der Waals surface area contributed by atoms with Crippen LogP contribution in [-0.2, 0) is 19.4 Å². The van der Waals surface area contributed by atoms with Crippen LogP contribution in [0.3, 0.4) is 0 Å². The van der Waals surface area contributed by atoms with Gasteiger partial charge in [0.25, 0.3) is 0 Å². The Labute approximate surface area is 117 Å². The van der Waals surface area contributed by atoms with Crippen LogP contribution in [-0.4, -0.2) is 19.5 Å². The molecule has 0 spiro atoms. The minimum atomic E-state index is -0.0361. The van der Waals surface area contributed by atoms with Crippen LogP contribution in [0, 0.1) is 6.92 Å². The van der Waals surface area contributed by atoms with E-state index in [0.29, 0.717) is 0 Å². The molecule has 2 heterocycles. The molecule has 4 heteroatoms. The molecule has 1 N–H and O–H groups in total. The fraction of sp³-hybridized carbons (Fsp3) is 0.250. The molecular weight excluding hydrogens is 250 g/mol. The lowest BCUT2D eigenvalue weighted by atomic mass is 10.1. The van der Waals surface area contributed by atoms with Crippen LogP contribution < -0.4 is 0 Å². The molecule has 2 aromatic heterocycles. The number of hydrogen-bond donors (Lipinski definition) is 1. The second-order valence-electron chi connectivity index (χ2n) is 4.86. The van der Waals surface area contributed by atoms with Gasteiger partial charge < -0.3 is 9.51 Å². The Kier molecular flexibility index (Phi) is 3.48. The minimum absolute atomic E-state index is 0.0361. The Hall–Kier alpha value is -2.20. The van der Waals surface area contributed by atoms with Crippen molar-refractivity contribution >= 4 is 5.65 Å². The molecule has 0 fully saturated rings. The first-order valence-corrected chi connectivity index (χ1v) is 6.76. The van der Waals surface area contributed by atoms with Crippen LogP contribution in [0.2, 0.25) is 0 Å². The highest BCUT2D eigenvalue weighted by atomic mass is 16.3. The van der Waals surface area contributed by atoms with Crippen LogP contribution in [0.5, 0.6) is 0 Å². The number of aromatic nitrogens is 3. The first-order chi connectivity index (χ1) is 9.79. The quantitative estimate of drug-likeness (QED) is 0.789. The fourth-order valence-electron chi connectivity index (χ4n) is 2.43. The standard InChI is InChI=1S/C16H17N3O/c1-12-15(11-20)18-16-14(17-9-10-19(12)16)8-7-13-5-3-2-4-6-13/h2-6,9-10,20H,7-8,11H2,1H3. The van der Waals surface area contributed by atoms with Gasteiger partial charge in [-0.1, -0.05) is 30.3 Å². The minimum Gasteiger partial charge on any atom is -0.390 e. The number of benzene rings is 1. The molecular formula is C16H17N3O. The lowest BCUT2D eigenvalue weighted by Crippen LogP contribution is -1.99. The van der Waals surface area contributed by atoms with Gasteiger partial charge in [-0.05, 0) is 25.3 Å². The lowest BCUT2D eigenvalue weighted by Gasteiger charge is -2.03. The van der Waals surface area contributed by atoms with Gasteiger partial charge in [0.05, 0.1) is 18.0 Å². The summed E-state index contributed by atoms with van der Waals surface area (Å²) in [6, 6.07) is 10.4. The van der Waals surface area contributed by atoms with Crippen LogP contribution in [0.25, 0.3) is 5.65 Å². The summed E-state index contributed by atoms with van der Waals surface area (Å²) < 4.78 is 2.00. The summed E-state index contributed by atoms with van der Waals surface area (Å²) in [6.07, 6.45) is 5.47. The molecule has 102 valence electrons. The maximum absolute atomic E-state index is 9.32. The number of fused-ring (bicyclic) bond motifs is 1. The number of aliphatic hydroxyl groups is 1. The molecule has 0 aliphatic heterocycles. The number of nitrogens with zero attached hydrogens (tertiary/aromatic N) is 3. The number of imidazole rings is 1. The summed E-state index contributed by atoms with van der Waals surface area (Å²) >= 11 is 0. The van der Waals surface area contributed by atoms with Gasteiger partial charge in [-0.3, -0.25) is 4.98 Å². The molecule has 3 rings (SSSR count). The first kappa shape index (κ1) is 12.8. The maximum atomic E-state index is 9.32. The summed E-state index contributed by atoms with van der Waals surface area (Å²) in [5.41, 5.74) is 4.82. The molecule has 0 bridgehead atoms. The molecule has 0 saturated heterocycles. The SMILES string of the molecule is Cc1c(CO)nc2c(CCc3ccccc3)nccn12. The van der Waals surface area contributed by atoms with E-state index < -0.39 is 0 Å². The number of hydrogen-bond acceptors (Lipinski definition) is 3. The molecule has 0 unspecified atom stereocenters. The topological polar surface area (TPSA) is 50.4 Å². The molecule has 0 radical (unpaired) electrons. The van der Waals surface area contributed by atoms with Gasteiger partial charge in [-0.15, -0.1) is 0 Å². The summed E-state index contributed by atoms with van der Waals surface area (Å²) in [4.78, 5) is 8.94. The average molecular weight is 267 g/mol. The van der Waals surface area contributed by atoms with Crippen LogP contribution >= 0.6 is 0 Å². The van der Waals surface area contributed by atoms with Crippen molar-refractivity contribution in [2.75, 3.05) is 0 Å². The van der Waals surface area contributed by atoms with Crippen molar-refractivity contribution in [3.63, 3.8) is 0 Å². The van der Waals surface area contributed by atoms with Gasteiger partial charge in [-0.25, -0.2) is 4.98 Å². The zero-order valence-corrected chi connectivity index (χ0v) is 11.5. The molecule has 20 heavy (non-hydrogen) atoms. The van der Waals surface area contributed by atoms with Crippen molar-refractivity contribution in [1.29, 1.82) is 0 Å². The van der Waals surface area contributed by atoms with E-state index in [1.165, 1.54) is 5.56 Å².